The molecule has 3 nitrogen and oxygen atoms in total. The molecule has 2 aliphatic carbocycles. The van der Waals surface area contributed by atoms with Gasteiger partial charge < -0.3 is 5.32 Å². The van der Waals surface area contributed by atoms with Crippen LogP contribution in [-0.2, 0) is 4.79 Å². The molecular formula is C15H24N2O. The van der Waals surface area contributed by atoms with Crippen LogP contribution < -0.4 is 5.32 Å². The minimum atomic E-state index is -0.714. The van der Waals surface area contributed by atoms with Gasteiger partial charge in [0.15, 0.2) is 0 Å². The Bertz CT molecular complexity index is 320. The maximum absolute atomic E-state index is 12.2. The molecule has 1 N–H and O–H groups in total. The summed E-state index contributed by atoms with van der Waals surface area (Å²) in [5.41, 5.74) is -0.714. The number of hydrogen-bond donors (Lipinski definition) is 1. The highest BCUT2D eigenvalue weighted by Gasteiger charge is 2.39. The predicted molar refractivity (Wildman–Crippen MR) is 70.7 cm³/mol. The number of nitrogens with zero attached hydrogens (tertiary/aromatic N) is 1. The van der Waals surface area contributed by atoms with E-state index in [9.17, 15) is 10.1 Å². The fourth-order valence-electron chi connectivity index (χ4n) is 3.40. The minimum absolute atomic E-state index is 0.0114. The monoisotopic (exact) mass is 248 g/mol. The Kier molecular flexibility index (Phi) is 4.63. The average Bonchev–Trinajstić information content (AvgIpc) is 2.92. The molecule has 0 atom stereocenters. The lowest BCUT2D eigenvalue weighted by Gasteiger charge is -2.29. The molecule has 0 spiro atoms. The van der Waals surface area contributed by atoms with Crippen molar-refractivity contribution in [1.29, 1.82) is 5.26 Å². The van der Waals surface area contributed by atoms with Crippen molar-refractivity contribution in [1.82, 2.24) is 5.32 Å². The van der Waals surface area contributed by atoms with Crippen LogP contribution >= 0.6 is 0 Å². The van der Waals surface area contributed by atoms with Crippen molar-refractivity contribution in [2.45, 2.75) is 64.2 Å². The SMILES string of the molecule is N#CC1(C(=O)NCCC2CCCC2)CCCCC1. The third-order valence-electron chi connectivity index (χ3n) is 4.67. The van der Waals surface area contributed by atoms with Crippen molar-refractivity contribution in [3.63, 3.8) is 0 Å². The Morgan fingerprint density at radius 3 is 2.44 bits per heavy atom. The van der Waals surface area contributed by atoms with Crippen LogP contribution in [0.5, 0.6) is 0 Å². The first-order valence-electron chi connectivity index (χ1n) is 7.46. The molecule has 0 aromatic rings. The standard InChI is InChI=1S/C15H24N2O/c16-12-15(9-4-1-5-10-15)14(18)17-11-8-13-6-2-3-7-13/h13H,1-11H2,(H,17,18). The highest BCUT2D eigenvalue weighted by molar-refractivity contribution is 5.85. The molecule has 2 rings (SSSR count). The maximum atomic E-state index is 12.2. The lowest BCUT2D eigenvalue weighted by molar-refractivity contribution is -0.129. The van der Waals surface area contributed by atoms with E-state index in [1.807, 2.05) is 0 Å². The Hall–Kier alpha value is -1.04. The van der Waals surface area contributed by atoms with Crippen LogP contribution in [0.15, 0.2) is 0 Å². The van der Waals surface area contributed by atoms with E-state index in [0.717, 1.165) is 44.6 Å². The number of carbonyl (C=O) groups excluding carboxylic acids is 1. The molecule has 2 saturated carbocycles. The number of rotatable bonds is 4. The van der Waals surface area contributed by atoms with E-state index < -0.39 is 5.41 Å². The van der Waals surface area contributed by atoms with Crippen LogP contribution in [-0.4, -0.2) is 12.5 Å². The van der Waals surface area contributed by atoms with Crippen LogP contribution in [0.25, 0.3) is 0 Å². The summed E-state index contributed by atoms with van der Waals surface area (Å²) in [5.74, 6) is 0.789. The van der Waals surface area contributed by atoms with Gasteiger partial charge in [-0.05, 0) is 25.2 Å². The van der Waals surface area contributed by atoms with Crippen LogP contribution in [0, 0.1) is 22.7 Å². The molecule has 0 heterocycles. The molecule has 0 aromatic heterocycles. The van der Waals surface area contributed by atoms with E-state index >= 15 is 0 Å². The van der Waals surface area contributed by atoms with Gasteiger partial charge in [-0.3, -0.25) is 4.79 Å². The summed E-state index contributed by atoms with van der Waals surface area (Å²) in [6, 6.07) is 2.28. The van der Waals surface area contributed by atoms with Gasteiger partial charge in [-0.2, -0.15) is 5.26 Å². The van der Waals surface area contributed by atoms with E-state index in [4.69, 9.17) is 0 Å². The van der Waals surface area contributed by atoms with Crippen LogP contribution in [0.3, 0.4) is 0 Å². The molecular weight excluding hydrogens is 224 g/mol. The second-order valence-electron chi connectivity index (χ2n) is 5.95. The fourth-order valence-corrected chi connectivity index (χ4v) is 3.40. The average molecular weight is 248 g/mol. The van der Waals surface area contributed by atoms with Gasteiger partial charge >= 0.3 is 0 Å². The van der Waals surface area contributed by atoms with Gasteiger partial charge in [-0.15, -0.1) is 0 Å². The number of amides is 1. The van der Waals surface area contributed by atoms with Crippen molar-refractivity contribution in [3.8, 4) is 6.07 Å². The summed E-state index contributed by atoms with van der Waals surface area (Å²) in [7, 11) is 0. The minimum Gasteiger partial charge on any atom is -0.355 e. The number of nitrogens with one attached hydrogen (secondary N) is 1. The predicted octanol–water partition coefficient (Wildman–Crippen LogP) is 3.16. The zero-order chi connectivity index (χ0) is 12.8. The van der Waals surface area contributed by atoms with Gasteiger partial charge in [0.2, 0.25) is 5.91 Å². The number of nitriles is 1. The fraction of sp³-hybridized carbons (Fsp3) is 0.867. The molecule has 0 aliphatic heterocycles. The summed E-state index contributed by atoms with van der Waals surface area (Å²) >= 11 is 0. The third kappa shape index (κ3) is 3.04. The molecule has 18 heavy (non-hydrogen) atoms. The van der Waals surface area contributed by atoms with E-state index in [2.05, 4.69) is 11.4 Å². The third-order valence-corrected chi connectivity index (χ3v) is 4.67. The first kappa shape index (κ1) is 13.4. The molecule has 2 fully saturated rings. The Morgan fingerprint density at radius 2 is 1.83 bits per heavy atom. The van der Waals surface area contributed by atoms with Gasteiger partial charge in [-0.25, -0.2) is 0 Å². The first-order valence-corrected chi connectivity index (χ1v) is 7.46. The van der Waals surface area contributed by atoms with Gasteiger partial charge in [0.05, 0.1) is 6.07 Å². The van der Waals surface area contributed by atoms with Gasteiger partial charge in [0.1, 0.15) is 5.41 Å². The Balaban J connectivity index is 1.77. The molecule has 0 bridgehead atoms. The van der Waals surface area contributed by atoms with Crippen LogP contribution in [0.1, 0.15) is 64.2 Å². The van der Waals surface area contributed by atoms with Crippen molar-refractivity contribution in [3.05, 3.63) is 0 Å². The quantitative estimate of drug-likeness (QED) is 0.831. The van der Waals surface area contributed by atoms with Crippen LogP contribution in [0.4, 0.5) is 0 Å². The van der Waals surface area contributed by atoms with E-state index in [0.29, 0.717) is 0 Å². The topological polar surface area (TPSA) is 52.9 Å². The normalized spacial score (nSPS) is 23.5. The second-order valence-corrected chi connectivity index (χ2v) is 5.95. The summed E-state index contributed by atoms with van der Waals surface area (Å²) in [5, 5.41) is 12.3. The molecule has 0 saturated heterocycles. The molecule has 1 amide bonds. The van der Waals surface area contributed by atoms with Gasteiger partial charge in [0, 0.05) is 6.54 Å². The number of carbonyl (C=O) groups is 1. The summed E-state index contributed by atoms with van der Waals surface area (Å²) in [6.07, 6.45) is 11.1. The second kappa shape index (κ2) is 6.22. The van der Waals surface area contributed by atoms with E-state index in [1.54, 1.807) is 0 Å². The van der Waals surface area contributed by atoms with Crippen molar-refractivity contribution < 1.29 is 4.79 Å². The lowest BCUT2D eigenvalue weighted by atomic mass is 9.74. The summed E-state index contributed by atoms with van der Waals surface area (Å²) < 4.78 is 0. The lowest BCUT2D eigenvalue weighted by Crippen LogP contribution is -2.42. The van der Waals surface area contributed by atoms with Gasteiger partial charge in [-0.1, -0.05) is 44.9 Å². The zero-order valence-electron chi connectivity index (χ0n) is 11.2. The molecule has 0 radical (unpaired) electrons. The molecule has 100 valence electrons. The summed E-state index contributed by atoms with van der Waals surface area (Å²) in [4.78, 5) is 12.2. The van der Waals surface area contributed by atoms with Crippen LogP contribution in [0.2, 0.25) is 0 Å². The first-order chi connectivity index (χ1) is 8.77. The Morgan fingerprint density at radius 1 is 1.17 bits per heavy atom. The highest BCUT2D eigenvalue weighted by atomic mass is 16.2. The Labute approximate surface area is 110 Å². The zero-order valence-corrected chi connectivity index (χ0v) is 11.2. The van der Waals surface area contributed by atoms with Crippen molar-refractivity contribution in [2.24, 2.45) is 11.3 Å². The maximum Gasteiger partial charge on any atom is 0.240 e. The van der Waals surface area contributed by atoms with Crippen molar-refractivity contribution >= 4 is 5.91 Å². The van der Waals surface area contributed by atoms with E-state index in [-0.39, 0.29) is 5.91 Å². The summed E-state index contributed by atoms with van der Waals surface area (Å²) in [6.45, 7) is 0.757. The molecule has 0 unspecified atom stereocenters. The molecule has 3 heteroatoms. The molecule has 2 aliphatic rings. The van der Waals surface area contributed by atoms with Gasteiger partial charge in [0.25, 0.3) is 0 Å². The largest absolute Gasteiger partial charge is 0.355 e. The smallest absolute Gasteiger partial charge is 0.240 e. The van der Waals surface area contributed by atoms with Crippen molar-refractivity contribution in [2.75, 3.05) is 6.54 Å². The highest BCUT2D eigenvalue weighted by Crippen LogP contribution is 2.36. The van der Waals surface area contributed by atoms with E-state index in [1.165, 1.54) is 32.1 Å². The number of hydrogen-bond acceptors (Lipinski definition) is 2. The molecule has 0 aromatic carbocycles.